The highest BCUT2D eigenvalue weighted by molar-refractivity contribution is 8.01. The number of aromatic nitrogens is 3. The van der Waals surface area contributed by atoms with Crippen molar-refractivity contribution in [2.45, 2.75) is 10.2 Å². The van der Waals surface area contributed by atoms with Crippen LogP contribution in [0, 0.1) is 0 Å². The molecule has 0 aliphatic carbocycles. The van der Waals surface area contributed by atoms with Crippen molar-refractivity contribution in [3.8, 4) is 5.75 Å². The molecule has 1 unspecified atom stereocenters. The van der Waals surface area contributed by atoms with Crippen LogP contribution in [-0.4, -0.2) is 47.2 Å². The monoisotopic (exact) mass is 362 g/mol. The minimum atomic E-state index is -1.25. The number of thioether (sulfide) groups is 1. The topological polar surface area (TPSA) is 120 Å². The number of carbonyl (C=O) groups is 1. The number of hydrogen-bond acceptors (Lipinski definition) is 9. The molecule has 4 N–H and O–H groups in total. The molecule has 1 saturated heterocycles. The van der Waals surface area contributed by atoms with Gasteiger partial charge in [-0.15, -0.1) is 10.2 Å². The van der Waals surface area contributed by atoms with Crippen LogP contribution in [0.2, 0.25) is 0 Å². The van der Waals surface area contributed by atoms with Gasteiger partial charge in [0.15, 0.2) is 0 Å². The number of fused-ring (bicyclic) bond motifs is 1. The number of phenols is 1. The lowest BCUT2D eigenvalue weighted by Crippen LogP contribution is -2.71. The van der Waals surface area contributed by atoms with E-state index in [-0.39, 0.29) is 10.9 Å². The Kier molecular flexibility index (Phi) is 3.37. The van der Waals surface area contributed by atoms with Crippen molar-refractivity contribution < 1.29 is 9.90 Å². The molecule has 3 heterocycles. The van der Waals surface area contributed by atoms with E-state index in [1.807, 2.05) is 0 Å². The second-order valence-electron chi connectivity index (χ2n) is 4.85. The van der Waals surface area contributed by atoms with Gasteiger partial charge in [-0.3, -0.25) is 15.6 Å². The Labute approximate surface area is 144 Å². The maximum Gasteiger partial charge on any atom is 0.304 e. The van der Waals surface area contributed by atoms with Gasteiger partial charge in [-0.25, -0.2) is 4.68 Å². The molecule has 1 fully saturated rings. The molecule has 2 aliphatic heterocycles. The van der Waals surface area contributed by atoms with E-state index in [1.165, 1.54) is 23.3 Å². The molecule has 2 aromatic rings. The van der Waals surface area contributed by atoms with Gasteiger partial charge in [-0.1, -0.05) is 12.1 Å². The molecule has 1 aromatic heterocycles. The van der Waals surface area contributed by atoms with E-state index in [0.29, 0.717) is 10.7 Å². The Morgan fingerprint density at radius 3 is 3.04 bits per heavy atom. The van der Waals surface area contributed by atoms with E-state index < -0.39 is 10.9 Å². The van der Waals surface area contributed by atoms with Crippen molar-refractivity contribution in [1.82, 2.24) is 30.7 Å². The Morgan fingerprint density at radius 2 is 2.25 bits per heavy atom. The van der Waals surface area contributed by atoms with Gasteiger partial charge < -0.3 is 5.11 Å². The molecule has 1 aromatic carbocycles. The molecule has 12 heteroatoms. The number of para-hydroxylation sites is 1. The highest BCUT2D eigenvalue weighted by atomic mass is 32.2. The minimum Gasteiger partial charge on any atom is -0.507 e. The van der Waals surface area contributed by atoms with Crippen LogP contribution in [0.1, 0.15) is 5.56 Å². The van der Waals surface area contributed by atoms with Gasteiger partial charge in [-0.2, -0.15) is 15.5 Å². The van der Waals surface area contributed by atoms with Gasteiger partial charge in [0, 0.05) is 5.56 Å². The van der Waals surface area contributed by atoms with Crippen molar-refractivity contribution in [1.29, 1.82) is 0 Å². The maximum atomic E-state index is 12.8. The van der Waals surface area contributed by atoms with Gasteiger partial charge >= 0.3 is 5.91 Å². The van der Waals surface area contributed by atoms with Crippen LogP contribution in [-0.2, 0) is 4.79 Å². The Bertz CT molecular complexity index is 846. The number of hydrogen-bond donors (Lipinski definition) is 4. The predicted octanol–water partition coefficient (Wildman–Crippen LogP) is -0.458. The number of nitrogens with zero attached hydrogens (tertiary/aromatic N) is 5. The van der Waals surface area contributed by atoms with E-state index in [9.17, 15) is 9.90 Å². The molecule has 0 bridgehead atoms. The lowest BCUT2D eigenvalue weighted by Gasteiger charge is -2.36. The van der Waals surface area contributed by atoms with Crippen LogP contribution in [0.15, 0.2) is 40.9 Å². The lowest BCUT2D eigenvalue weighted by atomic mass is 10.2. The number of rotatable bonds is 2. The second-order valence-corrected chi connectivity index (χ2v) is 6.42. The van der Waals surface area contributed by atoms with Crippen molar-refractivity contribution >= 4 is 41.2 Å². The van der Waals surface area contributed by atoms with Crippen LogP contribution in [0.5, 0.6) is 5.75 Å². The largest absolute Gasteiger partial charge is 0.507 e. The van der Waals surface area contributed by atoms with E-state index in [1.54, 1.807) is 18.2 Å². The quantitative estimate of drug-likeness (QED) is 0.416. The van der Waals surface area contributed by atoms with Crippen LogP contribution in [0.4, 0.5) is 0 Å². The van der Waals surface area contributed by atoms with Crippen molar-refractivity contribution in [2.75, 3.05) is 5.43 Å². The van der Waals surface area contributed by atoms with Gasteiger partial charge in [0.2, 0.25) is 10.3 Å². The maximum absolute atomic E-state index is 12.8. The molecule has 4 rings (SSSR count). The van der Waals surface area contributed by atoms with Gasteiger partial charge in [-0.05, 0) is 36.1 Å². The van der Waals surface area contributed by atoms with E-state index in [0.717, 1.165) is 16.8 Å². The number of amides is 1. The Balaban J connectivity index is 1.61. The van der Waals surface area contributed by atoms with Crippen LogP contribution in [0.3, 0.4) is 0 Å². The van der Waals surface area contributed by atoms with E-state index >= 15 is 0 Å². The minimum absolute atomic E-state index is 0.0528. The summed E-state index contributed by atoms with van der Waals surface area (Å²) in [4.78, 5) is 11.6. The normalized spacial score (nSPS) is 22.8. The summed E-state index contributed by atoms with van der Waals surface area (Å²) in [6, 6.07) is 6.64. The summed E-state index contributed by atoms with van der Waals surface area (Å²) in [7, 11) is 0. The SMILES string of the molecule is O=C1N(/N=C/c2ccccc2O)C(=S)NNC12Nn1cnnc1S2. The first-order valence-electron chi connectivity index (χ1n) is 6.70. The summed E-state index contributed by atoms with van der Waals surface area (Å²) in [5, 5.41) is 23.2. The van der Waals surface area contributed by atoms with Crippen molar-refractivity contribution in [2.24, 2.45) is 5.10 Å². The number of hydrazine groups is 1. The third kappa shape index (κ3) is 2.28. The van der Waals surface area contributed by atoms with Crippen molar-refractivity contribution in [3.05, 3.63) is 36.2 Å². The fourth-order valence-corrected chi connectivity index (χ4v) is 3.31. The summed E-state index contributed by atoms with van der Waals surface area (Å²) >= 11 is 6.26. The summed E-state index contributed by atoms with van der Waals surface area (Å²) < 4.78 is 1.52. The molecule has 0 saturated carbocycles. The predicted molar refractivity (Wildman–Crippen MR) is 89.4 cm³/mol. The molecule has 1 spiro atoms. The Morgan fingerprint density at radius 1 is 1.42 bits per heavy atom. The molecule has 2 aliphatic rings. The highest BCUT2D eigenvalue weighted by Gasteiger charge is 2.52. The zero-order valence-electron chi connectivity index (χ0n) is 11.9. The number of hydrazone groups is 1. The number of phenolic OH excluding ortho intramolecular Hbond substituents is 1. The average molecular weight is 362 g/mol. The summed E-state index contributed by atoms with van der Waals surface area (Å²) in [6.45, 7) is 0. The molecule has 1 atom stereocenters. The van der Waals surface area contributed by atoms with Crippen molar-refractivity contribution in [3.63, 3.8) is 0 Å². The molecule has 1 amide bonds. The average Bonchev–Trinajstić information content (AvgIpc) is 3.13. The molecule has 0 radical (unpaired) electrons. The zero-order chi connectivity index (χ0) is 16.7. The third-order valence-corrected chi connectivity index (χ3v) is 4.73. The molecular weight excluding hydrogens is 352 g/mol. The van der Waals surface area contributed by atoms with Crippen LogP contribution < -0.4 is 16.3 Å². The first-order valence-corrected chi connectivity index (χ1v) is 7.92. The number of nitrogens with one attached hydrogen (secondary N) is 3. The number of aromatic hydroxyl groups is 1. The molecule has 24 heavy (non-hydrogen) atoms. The zero-order valence-corrected chi connectivity index (χ0v) is 13.5. The van der Waals surface area contributed by atoms with Crippen LogP contribution >= 0.6 is 24.0 Å². The Hall–Kier alpha value is -2.70. The molecule has 122 valence electrons. The van der Waals surface area contributed by atoms with Gasteiger partial charge in [0.1, 0.15) is 12.1 Å². The smallest absolute Gasteiger partial charge is 0.304 e. The molecular formula is C12H10N8O2S2. The number of carbonyl (C=O) groups excluding carboxylic acids is 1. The summed E-state index contributed by atoms with van der Waals surface area (Å²) in [5.74, 6) is -0.384. The lowest BCUT2D eigenvalue weighted by molar-refractivity contribution is -0.131. The van der Waals surface area contributed by atoms with E-state index in [4.69, 9.17) is 12.2 Å². The second kappa shape index (κ2) is 5.43. The van der Waals surface area contributed by atoms with E-state index in [2.05, 4.69) is 31.6 Å². The first-order chi connectivity index (χ1) is 11.6. The summed E-state index contributed by atoms with van der Waals surface area (Å²) in [5.41, 5.74) is 8.97. The third-order valence-electron chi connectivity index (χ3n) is 3.32. The van der Waals surface area contributed by atoms with Gasteiger partial charge in [0.05, 0.1) is 6.21 Å². The van der Waals surface area contributed by atoms with Gasteiger partial charge in [0.25, 0.3) is 4.99 Å². The molecule has 10 nitrogen and oxygen atoms in total. The fourth-order valence-electron chi connectivity index (χ4n) is 2.16. The number of thiocarbonyl (C=S) groups is 1. The first kappa shape index (κ1) is 14.9. The fraction of sp³-hybridized carbons (Fsp3) is 0.0833. The summed E-state index contributed by atoms with van der Waals surface area (Å²) in [6.07, 6.45) is 2.81. The standard InChI is InChI=1S/C12H10N8O2S2/c21-8-4-2-1-3-7(8)5-14-20-9(22)12(17-15-10(20)23)18-19-6-13-16-11(19)24-12/h1-6,17-18,21H,(H,15,23)/b14-5+. The van der Waals surface area contributed by atoms with Crippen LogP contribution in [0.25, 0.3) is 0 Å². The highest BCUT2D eigenvalue weighted by Crippen LogP contribution is 2.36. The number of benzene rings is 1.